The lowest BCUT2D eigenvalue weighted by Gasteiger charge is -2.31. The van der Waals surface area contributed by atoms with Gasteiger partial charge in [-0.15, -0.1) is 0 Å². The van der Waals surface area contributed by atoms with Gasteiger partial charge in [-0.05, 0) is 48.9 Å². The summed E-state index contributed by atoms with van der Waals surface area (Å²) in [6.45, 7) is 1.95. The Bertz CT molecular complexity index is 1130. The Hall–Kier alpha value is -3.54. The predicted octanol–water partition coefficient (Wildman–Crippen LogP) is 5.09. The van der Waals surface area contributed by atoms with Crippen LogP contribution in [-0.2, 0) is 16.1 Å². The number of carbonyl (C=O) groups is 2. The number of methoxy groups -OCH3 is 1. The van der Waals surface area contributed by atoms with Crippen LogP contribution in [0.4, 0.5) is 0 Å². The van der Waals surface area contributed by atoms with Crippen LogP contribution in [0.3, 0.4) is 0 Å². The second kappa shape index (κ2) is 11.7. The number of benzene rings is 3. The van der Waals surface area contributed by atoms with Crippen LogP contribution in [0.25, 0.3) is 10.8 Å². The van der Waals surface area contributed by atoms with Crippen molar-refractivity contribution in [3.8, 4) is 11.5 Å². The first-order valence-corrected chi connectivity index (χ1v) is 12.4. The van der Waals surface area contributed by atoms with Gasteiger partial charge in [-0.3, -0.25) is 9.59 Å². The fourth-order valence-electron chi connectivity index (χ4n) is 4.62. The van der Waals surface area contributed by atoms with Crippen molar-refractivity contribution < 1.29 is 19.1 Å². The average Bonchev–Trinajstić information content (AvgIpc) is 2.90. The summed E-state index contributed by atoms with van der Waals surface area (Å²) < 4.78 is 11.2. The summed E-state index contributed by atoms with van der Waals surface area (Å²) in [5, 5.41) is 5.16. The molecule has 0 heterocycles. The molecule has 0 radical (unpaired) electrons. The molecule has 184 valence electrons. The highest BCUT2D eigenvalue weighted by atomic mass is 16.5. The highest BCUT2D eigenvalue weighted by molar-refractivity contribution is 5.90. The summed E-state index contributed by atoms with van der Waals surface area (Å²) in [4.78, 5) is 28.1. The van der Waals surface area contributed by atoms with Crippen LogP contribution in [-0.4, -0.2) is 42.5 Å². The third kappa shape index (κ3) is 6.32. The molecule has 6 heteroatoms. The molecule has 0 bridgehead atoms. The Labute approximate surface area is 207 Å². The zero-order valence-corrected chi connectivity index (χ0v) is 20.5. The lowest BCUT2D eigenvalue weighted by Crippen LogP contribution is -2.51. The molecule has 35 heavy (non-hydrogen) atoms. The quantitative estimate of drug-likeness (QED) is 0.469. The van der Waals surface area contributed by atoms with E-state index in [-0.39, 0.29) is 24.5 Å². The van der Waals surface area contributed by atoms with E-state index in [2.05, 4.69) is 5.32 Å². The molecule has 3 aromatic carbocycles. The molecule has 1 aliphatic rings. The Morgan fingerprint density at radius 3 is 2.43 bits per heavy atom. The molecule has 1 N–H and O–H groups in total. The minimum Gasteiger partial charge on any atom is -0.497 e. The van der Waals surface area contributed by atoms with Crippen molar-refractivity contribution in [2.24, 2.45) is 0 Å². The maximum Gasteiger partial charge on any atom is 0.261 e. The summed E-state index contributed by atoms with van der Waals surface area (Å²) in [7, 11) is 1.62. The molecule has 0 spiro atoms. The second-order valence-electron chi connectivity index (χ2n) is 9.16. The number of nitrogens with one attached hydrogen (secondary N) is 1. The van der Waals surface area contributed by atoms with Gasteiger partial charge in [-0.25, -0.2) is 0 Å². The van der Waals surface area contributed by atoms with Crippen molar-refractivity contribution in [3.05, 3.63) is 72.3 Å². The standard InChI is InChI=1S/C29H34N2O4/c1-21(29(33)30-24-11-4-3-5-12-24)31(19-22-15-17-25(34-2)18-16-22)28(32)20-35-27-14-8-10-23-9-6-7-13-26(23)27/h6-10,13-18,21,24H,3-5,11-12,19-20H2,1-2H3,(H,30,33). The summed E-state index contributed by atoms with van der Waals surface area (Å²) in [5.41, 5.74) is 0.918. The van der Waals surface area contributed by atoms with Crippen LogP contribution < -0.4 is 14.8 Å². The van der Waals surface area contributed by atoms with Crippen LogP contribution >= 0.6 is 0 Å². The molecule has 0 aromatic heterocycles. The van der Waals surface area contributed by atoms with Crippen molar-refractivity contribution in [3.63, 3.8) is 0 Å². The monoisotopic (exact) mass is 474 g/mol. The molecule has 1 saturated carbocycles. The van der Waals surface area contributed by atoms with E-state index in [1.54, 1.807) is 18.9 Å². The van der Waals surface area contributed by atoms with Gasteiger partial charge >= 0.3 is 0 Å². The van der Waals surface area contributed by atoms with Crippen LogP contribution in [0, 0.1) is 0 Å². The van der Waals surface area contributed by atoms with Gasteiger partial charge in [0.05, 0.1) is 7.11 Å². The number of hydrogen-bond donors (Lipinski definition) is 1. The maximum absolute atomic E-state index is 13.4. The van der Waals surface area contributed by atoms with Gasteiger partial charge in [-0.2, -0.15) is 0 Å². The first kappa shape index (κ1) is 24.6. The number of nitrogens with zero attached hydrogens (tertiary/aromatic N) is 1. The molecule has 0 saturated heterocycles. The summed E-state index contributed by atoms with van der Waals surface area (Å²) >= 11 is 0. The number of rotatable bonds is 9. The predicted molar refractivity (Wildman–Crippen MR) is 137 cm³/mol. The van der Waals surface area contributed by atoms with Gasteiger partial charge in [0.25, 0.3) is 5.91 Å². The molecule has 1 atom stereocenters. The van der Waals surface area contributed by atoms with E-state index >= 15 is 0 Å². The topological polar surface area (TPSA) is 67.9 Å². The first-order valence-electron chi connectivity index (χ1n) is 12.4. The van der Waals surface area contributed by atoms with Crippen LogP contribution in [0.5, 0.6) is 11.5 Å². The van der Waals surface area contributed by atoms with Crippen molar-refractivity contribution >= 4 is 22.6 Å². The fraction of sp³-hybridized carbons (Fsp3) is 0.379. The molecule has 4 rings (SSSR count). The van der Waals surface area contributed by atoms with E-state index in [1.807, 2.05) is 66.7 Å². The lowest BCUT2D eigenvalue weighted by molar-refractivity contribution is -0.142. The number of amides is 2. The Balaban J connectivity index is 1.49. The summed E-state index contributed by atoms with van der Waals surface area (Å²) in [5.74, 6) is 1.04. The van der Waals surface area contributed by atoms with E-state index < -0.39 is 6.04 Å². The second-order valence-corrected chi connectivity index (χ2v) is 9.16. The molecule has 6 nitrogen and oxygen atoms in total. The highest BCUT2D eigenvalue weighted by Gasteiger charge is 2.28. The zero-order valence-electron chi connectivity index (χ0n) is 20.5. The minimum absolute atomic E-state index is 0.121. The zero-order chi connectivity index (χ0) is 24.6. The van der Waals surface area contributed by atoms with Gasteiger partial charge < -0.3 is 19.7 Å². The molecule has 1 unspecified atom stereocenters. The van der Waals surface area contributed by atoms with Crippen molar-refractivity contribution in [2.75, 3.05) is 13.7 Å². The third-order valence-corrected chi connectivity index (χ3v) is 6.73. The SMILES string of the molecule is COc1ccc(CN(C(=O)COc2cccc3ccccc23)C(C)C(=O)NC2CCCCC2)cc1. The molecular weight excluding hydrogens is 440 g/mol. The normalized spacial score (nSPS) is 14.8. The van der Waals surface area contributed by atoms with E-state index in [1.165, 1.54) is 6.42 Å². The summed E-state index contributed by atoms with van der Waals surface area (Å²) in [6, 6.07) is 20.8. The minimum atomic E-state index is -0.623. The number of ether oxygens (including phenoxy) is 2. The largest absolute Gasteiger partial charge is 0.497 e. The summed E-state index contributed by atoms with van der Waals surface area (Å²) in [6.07, 6.45) is 5.47. The Morgan fingerprint density at radius 1 is 0.971 bits per heavy atom. The van der Waals surface area contributed by atoms with Gasteiger partial charge in [0.15, 0.2) is 6.61 Å². The van der Waals surface area contributed by atoms with E-state index in [0.29, 0.717) is 12.3 Å². The number of carbonyl (C=O) groups excluding carboxylic acids is 2. The van der Waals surface area contributed by atoms with Crippen LogP contribution in [0.15, 0.2) is 66.7 Å². The molecule has 0 aliphatic heterocycles. The van der Waals surface area contributed by atoms with E-state index in [4.69, 9.17) is 9.47 Å². The lowest BCUT2D eigenvalue weighted by atomic mass is 9.95. The van der Waals surface area contributed by atoms with Crippen LogP contribution in [0.2, 0.25) is 0 Å². The van der Waals surface area contributed by atoms with Gasteiger partial charge in [0, 0.05) is 18.0 Å². The van der Waals surface area contributed by atoms with Gasteiger partial charge in [0.2, 0.25) is 5.91 Å². The Kier molecular flexibility index (Phi) is 8.24. The first-order chi connectivity index (χ1) is 17.0. The number of fused-ring (bicyclic) bond motifs is 1. The molecule has 1 aliphatic carbocycles. The van der Waals surface area contributed by atoms with E-state index in [9.17, 15) is 9.59 Å². The molecule has 2 amide bonds. The molecular formula is C29H34N2O4. The fourth-order valence-corrected chi connectivity index (χ4v) is 4.62. The molecule has 1 fully saturated rings. The maximum atomic E-state index is 13.4. The molecule has 3 aromatic rings. The highest BCUT2D eigenvalue weighted by Crippen LogP contribution is 2.25. The number of hydrogen-bond acceptors (Lipinski definition) is 4. The van der Waals surface area contributed by atoms with Crippen molar-refractivity contribution in [2.45, 2.75) is 57.7 Å². The van der Waals surface area contributed by atoms with Crippen molar-refractivity contribution in [1.29, 1.82) is 0 Å². The third-order valence-electron chi connectivity index (χ3n) is 6.73. The van der Waals surface area contributed by atoms with E-state index in [0.717, 1.165) is 47.8 Å². The average molecular weight is 475 g/mol. The van der Waals surface area contributed by atoms with Crippen LogP contribution in [0.1, 0.15) is 44.6 Å². The van der Waals surface area contributed by atoms with Crippen molar-refractivity contribution in [1.82, 2.24) is 10.2 Å². The van der Waals surface area contributed by atoms with Gasteiger partial charge in [0.1, 0.15) is 17.5 Å². The Morgan fingerprint density at radius 2 is 1.69 bits per heavy atom. The van der Waals surface area contributed by atoms with Gasteiger partial charge in [-0.1, -0.05) is 67.8 Å². The smallest absolute Gasteiger partial charge is 0.261 e.